The van der Waals surface area contributed by atoms with E-state index < -0.39 is 11.5 Å². The quantitative estimate of drug-likeness (QED) is 0.459. The van der Waals surface area contributed by atoms with Gasteiger partial charge in [-0.2, -0.15) is 0 Å². The number of aromatic nitrogens is 1. The Labute approximate surface area is 211 Å². The van der Waals surface area contributed by atoms with Crippen LogP contribution in [-0.4, -0.2) is 47.2 Å². The molecule has 0 unspecified atom stereocenters. The molecule has 1 fully saturated rings. The summed E-state index contributed by atoms with van der Waals surface area (Å²) in [6, 6.07) is 15.2. The van der Waals surface area contributed by atoms with Gasteiger partial charge in [0.2, 0.25) is 0 Å². The number of rotatable bonds is 8. The van der Waals surface area contributed by atoms with Gasteiger partial charge in [0.1, 0.15) is 28.9 Å². The lowest BCUT2D eigenvalue weighted by Gasteiger charge is -2.32. The maximum atomic E-state index is 13.5. The molecule has 0 atom stereocenters. The minimum Gasteiger partial charge on any atom is -0.506 e. The maximum absolute atomic E-state index is 13.5. The molecule has 0 bridgehead atoms. The fourth-order valence-corrected chi connectivity index (χ4v) is 4.80. The molecule has 7 heteroatoms. The van der Waals surface area contributed by atoms with Crippen LogP contribution in [0.2, 0.25) is 0 Å². The van der Waals surface area contributed by atoms with Crippen LogP contribution in [0.15, 0.2) is 53.3 Å². The van der Waals surface area contributed by atoms with Crippen LogP contribution >= 0.6 is 0 Å². The van der Waals surface area contributed by atoms with Gasteiger partial charge in [-0.05, 0) is 43.5 Å². The van der Waals surface area contributed by atoms with E-state index in [-0.39, 0.29) is 17.4 Å². The van der Waals surface area contributed by atoms with Crippen molar-refractivity contribution in [2.24, 2.45) is 0 Å². The van der Waals surface area contributed by atoms with Crippen molar-refractivity contribution in [1.82, 2.24) is 9.88 Å². The van der Waals surface area contributed by atoms with Gasteiger partial charge in [0.15, 0.2) is 0 Å². The molecule has 1 aliphatic heterocycles. The Morgan fingerprint density at radius 3 is 2.47 bits per heavy atom. The third-order valence-electron chi connectivity index (χ3n) is 6.74. The van der Waals surface area contributed by atoms with Gasteiger partial charge >= 0.3 is 0 Å². The van der Waals surface area contributed by atoms with Crippen LogP contribution in [0, 0.1) is 6.92 Å². The van der Waals surface area contributed by atoms with E-state index in [0.29, 0.717) is 54.9 Å². The normalized spacial score (nSPS) is 14.0. The van der Waals surface area contributed by atoms with Crippen molar-refractivity contribution >= 4 is 5.91 Å². The van der Waals surface area contributed by atoms with Crippen LogP contribution in [0.1, 0.15) is 54.2 Å². The van der Waals surface area contributed by atoms with E-state index >= 15 is 0 Å². The number of carbonyl (C=O) groups excluding carboxylic acids is 1. The molecule has 1 aliphatic rings. The summed E-state index contributed by atoms with van der Waals surface area (Å²) >= 11 is 0. The first kappa shape index (κ1) is 25.4. The number of amides is 1. The smallest absolute Gasteiger partial charge is 0.264 e. The Kier molecular flexibility index (Phi) is 7.98. The highest BCUT2D eigenvalue weighted by Crippen LogP contribution is 2.41. The van der Waals surface area contributed by atoms with Crippen molar-refractivity contribution in [3.05, 3.63) is 75.7 Å². The average Bonchev–Trinajstić information content (AvgIpc) is 2.88. The molecule has 2 heterocycles. The molecule has 1 amide bonds. The predicted molar refractivity (Wildman–Crippen MR) is 140 cm³/mol. The molecule has 36 heavy (non-hydrogen) atoms. The summed E-state index contributed by atoms with van der Waals surface area (Å²) < 4.78 is 11.6. The summed E-state index contributed by atoms with van der Waals surface area (Å²) in [6.07, 6.45) is 3.61. The van der Waals surface area contributed by atoms with E-state index in [9.17, 15) is 14.7 Å². The van der Waals surface area contributed by atoms with Gasteiger partial charge in [0.05, 0.1) is 7.11 Å². The van der Waals surface area contributed by atoms with E-state index in [4.69, 9.17) is 9.47 Å². The number of aromatic hydroxyl groups is 1. The number of unbranched alkanes of at least 4 members (excludes halogenated alkanes) is 1. The fourth-order valence-electron chi connectivity index (χ4n) is 4.80. The van der Waals surface area contributed by atoms with Crippen LogP contribution in [-0.2, 0) is 6.42 Å². The highest BCUT2D eigenvalue weighted by atomic mass is 16.5. The van der Waals surface area contributed by atoms with Crippen molar-refractivity contribution in [3.8, 4) is 28.4 Å². The number of aromatic amines is 1. The van der Waals surface area contributed by atoms with Gasteiger partial charge in [0, 0.05) is 42.8 Å². The molecule has 0 saturated carbocycles. The third-order valence-corrected chi connectivity index (χ3v) is 6.74. The summed E-state index contributed by atoms with van der Waals surface area (Å²) in [4.78, 5) is 31.2. The highest BCUT2D eigenvalue weighted by Gasteiger charge is 2.31. The summed E-state index contributed by atoms with van der Waals surface area (Å²) in [6.45, 7) is 4.87. The van der Waals surface area contributed by atoms with Crippen LogP contribution in [0.5, 0.6) is 17.2 Å². The average molecular weight is 491 g/mol. The first-order valence-electron chi connectivity index (χ1n) is 12.6. The molecule has 7 nitrogen and oxygen atoms in total. The van der Waals surface area contributed by atoms with Gasteiger partial charge in [-0.15, -0.1) is 0 Å². The number of H-pyrrole nitrogens is 1. The van der Waals surface area contributed by atoms with Crippen LogP contribution in [0.4, 0.5) is 0 Å². The molecule has 2 aromatic carbocycles. The highest BCUT2D eigenvalue weighted by molar-refractivity contribution is 5.99. The van der Waals surface area contributed by atoms with Crippen LogP contribution < -0.4 is 15.0 Å². The fraction of sp³-hybridized carbons (Fsp3) is 0.379. The number of pyridine rings is 1. The standard InChI is InChI=1S/C29H34N2O5/c1-4-5-13-22-25(24-19(2)10-9-14-23(24)35-3)27(32)26(28(33)30-22)29(34)31-17-15-21(16-18-31)36-20-11-7-6-8-12-20/h6-12,14,21H,4-5,13,15-18H2,1-3H3,(H2,30,32,33). The minimum absolute atomic E-state index is 0.00783. The van der Waals surface area contributed by atoms with Crippen molar-refractivity contribution in [2.75, 3.05) is 20.2 Å². The zero-order valence-corrected chi connectivity index (χ0v) is 21.2. The predicted octanol–water partition coefficient (Wildman–Crippen LogP) is 5.09. The SMILES string of the molecule is CCCCc1[nH]c(=O)c(C(=O)N2CCC(Oc3ccccc3)CC2)c(O)c1-c1c(C)cccc1OC. The number of hydrogen-bond donors (Lipinski definition) is 2. The van der Waals surface area contributed by atoms with E-state index in [2.05, 4.69) is 11.9 Å². The lowest BCUT2D eigenvalue weighted by molar-refractivity contribution is 0.0591. The Morgan fingerprint density at radius 2 is 1.81 bits per heavy atom. The largest absolute Gasteiger partial charge is 0.506 e. The monoisotopic (exact) mass is 490 g/mol. The summed E-state index contributed by atoms with van der Waals surface area (Å²) in [7, 11) is 1.57. The van der Waals surface area contributed by atoms with Gasteiger partial charge in [-0.3, -0.25) is 9.59 Å². The Balaban J connectivity index is 1.65. The maximum Gasteiger partial charge on any atom is 0.264 e. The zero-order valence-electron chi connectivity index (χ0n) is 21.2. The molecular weight excluding hydrogens is 456 g/mol. The molecule has 0 spiro atoms. The van der Waals surface area contributed by atoms with E-state index in [1.54, 1.807) is 12.0 Å². The van der Waals surface area contributed by atoms with Crippen molar-refractivity contribution in [2.45, 2.75) is 52.1 Å². The van der Waals surface area contributed by atoms with Crippen LogP contribution in [0.25, 0.3) is 11.1 Å². The Bertz CT molecular complexity index is 1260. The first-order chi connectivity index (χ1) is 17.4. The van der Waals surface area contributed by atoms with E-state index in [0.717, 1.165) is 24.2 Å². The number of aryl methyl sites for hydroxylation is 2. The Hall–Kier alpha value is -3.74. The molecule has 4 rings (SSSR count). The number of piperidine rings is 1. The number of hydrogen-bond acceptors (Lipinski definition) is 5. The number of nitrogens with one attached hydrogen (secondary N) is 1. The van der Waals surface area contributed by atoms with Crippen LogP contribution in [0.3, 0.4) is 0 Å². The first-order valence-corrected chi connectivity index (χ1v) is 12.6. The van der Waals surface area contributed by atoms with Crippen molar-refractivity contribution in [1.29, 1.82) is 0 Å². The molecule has 3 aromatic rings. The molecular formula is C29H34N2O5. The van der Waals surface area contributed by atoms with Gasteiger partial charge in [-0.1, -0.05) is 43.7 Å². The summed E-state index contributed by atoms with van der Waals surface area (Å²) in [5.41, 5.74) is 1.85. The second kappa shape index (κ2) is 11.3. The zero-order chi connectivity index (χ0) is 25.7. The summed E-state index contributed by atoms with van der Waals surface area (Å²) in [5.74, 6) is 0.621. The van der Waals surface area contributed by atoms with Gasteiger partial charge < -0.3 is 24.5 Å². The van der Waals surface area contributed by atoms with Gasteiger partial charge in [0.25, 0.3) is 11.5 Å². The molecule has 2 N–H and O–H groups in total. The minimum atomic E-state index is -0.567. The summed E-state index contributed by atoms with van der Waals surface area (Å²) in [5, 5.41) is 11.4. The Morgan fingerprint density at radius 1 is 1.08 bits per heavy atom. The number of para-hydroxylation sites is 1. The number of ether oxygens (including phenoxy) is 2. The van der Waals surface area contributed by atoms with Crippen molar-refractivity contribution in [3.63, 3.8) is 0 Å². The second-order valence-corrected chi connectivity index (χ2v) is 9.21. The number of benzene rings is 2. The molecule has 1 aromatic heterocycles. The lowest BCUT2D eigenvalue weighted by atomic mass is 9.93. The number of likely N-dealkylation sites (tertiary alicyclic amines) is 1. The molecule has 0 aliphatic carbocycles. The number of nitrogens with zero attached hydrogens (tertiary/aromatic N) is 1. The van der Waals surface area contributed by atoms with E-state index in [1.807, 2.05) is 55.5 Å². The topological polar surface area (TPSA) is 91.9 Å². The molecule has 0 radical (unpaired) electrons. The van der Waals surface area contributed by atoms with E-state index in [1.165, 1.54) is 0 Å². The molecule has 1 saturated heterocycles. The third kappa shape index (κ3) is 5.25. The molecule has 190 valence electrons. The lowest BCUT2D eigenvalue weighted by Crippen LogP contribution is -2.43. The van der Waals surface area contributed by atoms with Gasteiger partial charge in [-0.25, -0.2) is 0 Å². The number of methoxy groups -OCH3 is 1. The number of carbonyl (C=O) groups is 1. The van der Waals surface area contributed by atoms with Crippen molar-refractivity contribution < 1.29 is 19.4 Å². The second-order valence-electron chi connectivity index (χ2n) is 9.21.